The predicted octanol–water partition coefficient (Wildman–Crippen LogP) is 1.57. The van der Waals surface area contributed by atoms with Crippen molar-refractivity contribution in [3.05, 3.63) is 34.9 Å². The summed E-state index contributed by atoms with van der Waals surface area (Å²) in [6.45, 7) is 0. The van der Waals surface area contributed by atoms with Crippen LogP contribution in [0, 0.1) is 0 Å². The van der Waals surface area contributed by atoms with Crippen molar-refractivity contribution in [2.45, 2.75) is 18.5 Å². The maximum atomic E-state index is 11.5. The molecule has 80 valence electrons. The number of hydrogen-bond acceptors (Lipinski definition) is 2. The van der Waals surface area contributed by atoms with Crippen LogP contribution in [0.2, 0.25) is 5.02 Å². The molecule has 0 aliphatic carbocycles. The highest BCUT2D eigenvalue weighted by atomic mass is 35.5. The molecular formula is C11H13ClN2O. The van der Waals surface area contributed by atoms with E-state index in [1.54, 1.807) is 11.9 Å². The number of halogens is 1. The number of nitrogens with zero attached hydrogens (tertiary/aromatic N) is 1. The summed E-state index contributed by atoms with van der Waals surface area (Å²) in [5, 5.41) is 0.704. The van der Waals surface area contributed by atoms with Crippen molar-refractivity contribution in [3.63, 3.8) is 0 Å². The second-order valence-electron chi connectivity index (χ2n) is 3.86. The number of likely N-dealkylation sites (tertiary alicyclic amines) is 1. The Bertz CT molecular complexity index is 377. The average molecular weight is 225 g/mol. The minimum atomic E-state index is -0.365. The molecular weight excluding hydrogens is 212 g/mol. The van der Waals surface area contributed by atoms with E-state index >= 15 is 0 Å². The van der Waals surface area contributed by atoms with Gasteiger partial charge in [0.1, 0.15) is 0 Å². The van der Waals surface area contributed by atoms with E-state index in [-0.39, 0.29) is 18.0 Å². The standard InChI is InChI=1S/C11H13ClN2O/c1-14-10(6-9(13)11(14)15)7-2-4-8(12)5-3-7/h2-5,9-10H,6,13H2,1H3. The first-order chi connectivity index (χ1) is 7.09. The van der Waals surface area contributed by atoms with Gasteiger partial charge >= 0.3 is 0 Å². The smallest absolute Gasteiger partial charge is 0.239 e. The van der Waals surface area contributed by atoms with Crippen LogP contribution in [0.1, 0.15) is 18.0 Å². The average Bonchev–Trinajstić information content (AvgIpc) is 2.47. The first-order valence-corrected chi connectivity index (χ1v) is 5.25. The maximum absolute atomic E-state index is 11.5. The molecule has 2 N–H and O–H groups in total. The fourth-order valence-electron chi connectivity index (χ4n) is 1.96. The highest BCUT2D eigenvalue weighted by Gasteiger charge is 2.35. The Morgan fingerprint density at radius 1 is 1.40 bits per heavy atom. The van der Waals surface area contributed by atoms with Gasteiger partial charge in [-0.3, -0.25) is 4.79 Å². The summed E-state index contributed by atoms with van der Waals surface area (Å²) in [4.78, 5) is 13.2. The number of rotatable bonds is 1. The largest absolute Gasteiger partial charge is 0.337 e. The molecule has 15 heavy (non-hydrogen) atoms. The minimum Gasteiger partial charge on any atom is -0.337 e. The zero-order valence-corrected chi connectivity index (χ0v) is 9.24. The fourth-order valence-corrected chi connectivity index (χ4v) is 2.09. The molecule has 0 spiro atoms. The Balaban J connectivity index is 2.25. The van der Waals surface area contributed by atoms with Gasteiger partial charge in [-0.05, 0) is 24.1 Å². The molecule has 2 atom stereocenters. The van der Waals surface area contributed by atoms with Crippen molar-refractivity contribution in [2.75, 3.05) is 7.05 Å². The third-order valence-electron chi connectivity index (χ3n) is 2.86. The second kappa shape index (κ2) is 3.83. The molecule has 0 saturated carbocycles. The van der Waals surface area contributed by atoms with Crippen molar-refractivity contribution < 1.29 is 4.79 Å². The summed E-state index contributed by atoms with van der Waals surface area (Å²) < 4.78 is 0. The van der Waals surface area contributed by atoms with E-state index in [1.165, 1.54) is 0 Å². The van der Waals surface area contributed by atoms with Gasteiger partial charge in [0.2, 0.25) is 5.91 Å². The molecule has 0 aromatic heterocycles. The number of benzene rings is 1. The Morgan fingerprint density at radius 3 is 2.47 bits per heavy atom. The van der Waals surface area contributed by atoms with Crippen LogP contribution >= 0.6 is 11.6 Å². The van der Waals surface area contributed by atoms with Gasteiger partial charge in [0.05, 0.1) is 12.1 Å². The van der Waals surface area contributed by atoms with Crippen molar-refractivity contribution in [2.24, 2.45) is 5.73 Å². The zero-order chi connectivity index (χ0) is 11.0. The van der Waals surface area contributed by atoms with E-state index in [1.807, 2.05) is 24.3 Å². The molecule has 1 aromatic carbocycles. The summed E-state index contributed by atoms with van der Waals surface area (Å²) >= 11 is 5.81. The highest BCUT2D eigenvalue weighted by Crippen LogP contribution is 2.31. The van der Waals surface area contributed by atoms with Gasteiger partial charge in [0.25, 0.3) is 0 Å². The summed E-state index contributed by atoms with van der Waals surface area (Å²) in [7, 11) is 1.79. The maximum Gasteiger partial charge on any atom is 0.239 e. The first kappa shape index (κ1) is 10.5. The van der Waals surface area contributed by atoms with E-state index in [0.29, 0.717) is 11.4 Å². The Labute approximate surface area is 93.8 Å². The summed E-state index contributed by atoms with van der Waals surface area (Å²) in [5.74, 6) is 0.00921. The number of likely N-dealkylation sites (N-methyl/N-ethyl adjacent to an activating group) is 1. The Morgan fingerprint density at radius 2 is 2.00 bits per heavy atom. The van der Waals surface area contributed by atoms with Crippen LogP contribution < -0.4 is 5.73 Å². The van der Waals surface area contributed by atoms with E-state index in [2.05, 4.69) is 0 Å². The lowest BCUT2D eigenvalue weighted by Gasteiger charge is -2.19. The van der Waals surface area contributed by atoms with E-state index in [9.17, 15) is 4.79 Å². The van der Waals surface area contributed by atoms with Gasteiger partial charge in [-0.1, -0.05) is 23.7 Å². The van der Waals surface area contributed by atoms with E-state index in [4.69, 9.17) is 17.3 Å². The SMILES string of the molecule is CN1C(=O)C(N)CC1c1ccc(Cl)cc1. The van der Waals surface area contributed by atoms with Crippen LogP contribution in [0.5, 0.6) is 0 Å². The number of carbonyl (C=O) groups excluding carboxylic acids is 1. The van der Waals surface area contributed by atoms with Crippen LogP contribution in [0.3, 0.4) is 0 Å². The molecule has 0 bridgehead atoms. The van der Waals surface area contributed by atoms with Crippen LogP contribution in [0.4, 0.5) is 0 Å². The van der Waals surface area contributed by atoms with Crippen LogP contribution in [0.15, 0.2) is 24.3 Å². The number of carbonyl (C=O) groups is 1. The van der Waals surface area contributed by atoms with Crippen LogP contribution in [-0.2, 0) is 4.79 Å². The van der Waals surface area contributed by atoms with Gasteiger partial charge in [0.15, 0.2) is 0 Å². The molecule has 1 amide bonds. The Kier molecular flexibility index (Phi) is 2.67. The van der Waals surface area contributed by atoms with Crippen molar-refractivity contribution in [3.8, 4) is 0 Å². The molecule has 3 nitrogen and oxygen atoms in total. The number of nitrogens with two attached hydrogens (primary N) is 1. The Hall–Kier alpha value is -1.06. The highest BCUT2D eigenvalue weighted by molar-refractivity contribution is 6.30. The number of amides is 1. The quantitative estimate of drug-likeness (QED) is 0.787. The molecule has 1 heterocycles. The van der Waals surface area contributed by atoms with E-state index < -0.39 is 0 Å². The van der Waals surface area contributed by atoms with Gasteiger partial charge in [-0.2, -0.15) is 0 Å². The summed E-state index contributed by atoms with van der Waals surface area (Å²) in [6.07, 6.45) is 0.678. The molecule has 1 aromatic rings. The van der Waals surface area contributed by atoms with Gasteiger partial charge in [-0.25, -0.2) is 0 Å². The third kappa shape index (κ3) is 1.85. The van der Waals surface area contributed by atoms with Gasteiger partial charge in [-0.15, -0.1) is 0 Å². The zero-order valence-electron chi connectivity index (χ0n) is 8.48. The molecule has 1 saturated heterocycles. The van der Waals surface area contributed by atoms with E-state index in [0.717, 1.165) is 5.56 Å². The van der Waals surface area contributed by atoms with Gasteiger partial charge in [0, 0.05) is 12.1 Å². The van der Waals surface area contributed by atoms with Crippen LogP contribution in [-0.4, -0.2) is 23.9 Å². The molecule has 0 radical (unpaired) electrons. The summed E-state index contributed by atoms with van der Waals surface area (Å²) in [5.41, 5.74) is 6.80. The molecule has 2 rings (SSSR count). The van der Waals surface area contributed by atoms with Gasteiger partial charge < -0.3 is 10.6 Å². The van der Waals surface area contributed by atoms with Crippen molar-refractivity contribution in [1.29, 1.82) is 0 Å². The fraction of sp³-hybridized carbons (Fsp3) is 0.364. The molecule has 4 heteroatoms. The predicted molar refractivity (Wildman–Crippen MR) is 59.6 cm³/mol. The summed E-state index contributed by atoms with van der Waals surface area (Å²) in [6, 6.07) is 7.27. The third-order valence-corrected chi connectivity index (χ3v) is 3.12. The molecule has 1 aliphatic rings. The molecule has 2 unspecified atom stereocenters. The van der Waals surface area contributed by atoms with Crippen molar-refractivity contribution in [1.82, 2.24) is 4.90 Å². The topological polar surface area (TPSA) is 46.3 Å². The lowest BCUT2D eigenvalue weighted by atomic mass is 10.0. The minimum absolute atomic E-state index is 0.00921. The lowest BCUT2D eigenvalue weighted by molar-refractivity contribution is -0.128. The molecule has 1 fully saturated rings. The monoisotopic (exact) mass is 224 g/mol. The second-order valence-corrected chi connectivity index (χ2v) is 4.30. The molecule has 1 aliphatic heterocycles. The van der Waals surface area contributed by atoms with Crippen LogP contribution in [0.25, 0.3) is 0 Å². The first-order valence-electron chi connectivity index (χ1n) is 4.87. The normalized spacial score (nSPS) is 26.1. The lowest BCUT2D eigenvalue weighted by Crippen LogP contribution is -2.31. The van der Waals surface area contributed by atoms with Crippen molar-refractivity contribution >= 4 is 17.5 Å². The number of hydrogen-bond donors (Lipinski definition) is 1.